The van der Waals surface area contributed by atoms with Crippen molar-refractivity contribution < 1.29 is 38.3 Å². The third kappa shape index (κ3) is 9.56. The third-order valence-electron chi connectivity index (χ3n) is 5.71. The average molecular weight is 613 g/mol. The summed E-state index contributed by atoms with van der Waals surface area (Å²) in [6, 6.07) is 14.4. The number of nitrogens with one attached hydrogen (secondary N) is 2. The van der Waals surface area contributed by atoms with Gasteiger partial charge in [-0.3, -0.25) is 18.7 Å². The van der Waals surface area contributed by atoms with Crippen molar-refractivity contribution in [3.05, 3.63) is 48.5 Å². The standard InChI is InChI=1S/C23H30N6O8P2S/c1-15(38(32,33)34)24-21(30)11-13-29(14-12-22(31)25-16(2)39(35,36)37)18-9-7-17(8-10-18)27-28-23-26-19-5-3-4-6-20(19)40-23/h3-10,15-16H,11-14H2,1-2H3,(H,24,30)(H,25,31)(H2,32,33,34)(H2,35,36,37). The van der Waals surface area contributed by atoms with Gasteiger partial charge in [-0.2, -0.15) is 0 Å². The van der Waals surface area contributed by atoms with Crippen molar-refractivity contribution in [2.75, 3.05) is 18.0 Å². The predicted molar refractivity (Wildman–Crippen MR) is 151 cm³/mol. The summed E-state index contributed by atoms with van der Waals surface area (Å²) in [5.74, 6) is -3.90. The van der Waals surface area contributed by atoms with Crippen molar-refractivity contribution in [3.8, 4) is 0 Å². The summed E-state index contributed by atoms with van der Waals surface area (Å²) in [7, 11) is -9.00. The molecule has 2 unspecified atom stereocenters. The van der Waals surface area contributed by atoms with E-state index in [1.807, 2.05) is 24.3 Å². The second-order valence-electron chi connectivity index (χ2n) is 8.83. The number of nitrogens with zero attached hydrogens (tertiary/aromatic N) is 4. The molecule has 2 amide bonds. The molecule has 0 saturated heterocycles. The summed E-state index contributed by atoms with van der Waals surface area (Å²) in [6.45, 7) is 2.58. The van der Waals surface area contributed by atoms with Gasteiger partial charge < -0.3 is 35.1 Å². The Labute approximate surface area is 233 Å². The lowest BCUT2D eigenvalue weighted by atomic mass is 10.2. The second kappa shape index (κ2) is 13.6. The van der Waals surface area contributed by atoms with Crippen molar-refractivity contribution >= 4 is 65.1 Å². The Hall–Kier alpha value is -3.03. The van der Waals surface area contributed by atoms with Gasteiger partial charge in [-0.1, -0.05) is 23.5 Å². The Bertz CT molecular complexity index is 1380. The SMILES string of the molecule is CC(NC(=O)CCN(CCC(=O)NC(C)P(=O)(O)O)c1ccc(N=Nc2nc3ccccc3s2)cc1)P(=O)(O)O. The Kier molecular flexibility index (Phi) is 10.7. The Morgan fingerprint density at radius 3 is 1.90 bits per heavy atom. The first kappa shape index (κ1) is 31.5. The van der Waals surface area contributed by atoms with E-state index in [-0.39, 0.29) is 25.9 Å². The molecule has 0 bridgehead atoms. The molecule has 0 aliphatic rings. The van der Waals surface area contributed by atoms with Crippen LogP contribution < -0.4 is 15.5 Å². The fourth-order valence-corrected chi connectivity index (χ4v) is 4.77. The van der Waals surface area contributed by atoms with E-state index in [0.29, 0.717) is 16.5 Å². The molecule has 0 radical (unpaired) electrons. The van der Waals surface area contributed by atoms with Crippen LogP contribution in [0.2, 0.25) is 0 Å². The first-order valence-corrected chi connectivity index (χ1v) is 16.2. The highest BCUT2D eigenvalue weighted by atomic mass is 32.1. The molecule has 2 atom stereocenters. The molecule has 6 N–H and O–H groups in total. The molecule has 14 nitrogen and oxygen atoms in total. The van der Waals surface area contributed by atoms with Crippen LogP contribution in [0.15, 0.2) is 58.8 Å². The van der Waals surface area contributed by atoms with Gasteiger partial charge in [-0.25, -0.2) is 4.98 Å². The zero-order valence-electron chi connectivity index (χ0n) is 21.6. The Morgan fingerprint density at radius 2 is 1.40 bits per heavy atom. The molecule has 40 heavy (non-hydrogen) atoms. The van der Waals surface area contributed by atoms with Gasteiger partial charge in [-0.15, -0.1) is 10.2 Å². The van der Waals surface area contributed by atoms with Crippen LogP contribution in [0.4, 0.5) is 16.5 Å². The minimum Gasteiger partial charge on any atom is -0.370 e. The van der Waals surface area contributed by atoms with Crippen molar-refractivity contribution in [1.29, 1.82) is 0 Å². The molecule has 3 rings (SSSR count). The summed E-state index contributed by atoms with van der Waals surface area (Å²) in [5, 5.41) is 13.4. The van der Waals surface area contributed by atoms with Gasteiger partial charge in [0.25, 0.3) is 0 Å². The van der Waals surface area contributed by atoms with E-state index < -0.39 is 38.6 Å². The van der Waals surface area contributed by atoms with Crippen LogP contribution in [0, 0.1) is 0 Å². The highest BCUT2D eigenvalue weighted by molar-refractivity contribution is 7.52. The molecule has 1 aromatic heterocycles. The van der Waals surface area contributed by atoms with Crippen LogP contribution in [0.1, 0.15) is 26.7 Å². The van der Waals surface area contributed by atoms with Crippen molar-refractivity contribution in [1.82, 2.24) is 15.6 Å². The summed E-state index contributed by atoms with van der Waals surface area (Å²) < 4.78 is 23.7. The number of carbonyl (C=O) groups is 2. The largest absolute Gasteiger partial charge is 0.370 e. The van der Waals surface area contributed by atoms with E-state index in [4.69, 9.17) is 0 Å². The smallest absolute Gasteiger partial charge is 0.347 e. The second-order valence-corrected chi connectivity index (χ2v) is 13.7. The lowest BCUT2D eigenvalue weighted by molar-refractivity contribution is -0.121. The van der Waals surface area contributed by atoms with Crippen LogP contribution in [0.25, 0.3) is 10.2 Å². The predicted octanol–water partition coefficient (Wildman–Crippen LogP) is 3.58. The molecule has 0 aliphatic heterocycles. The number of anilines is 1. The zero-order valence-corrected chi connectivity index (χ0v) is 24.2. The van der Waals surface area contributed by atoms with Crippen LogP contribution >= 0.6 is 26.5 Å². The molecule has 3 aromatic rings. The van der Waals surface area contributed by atoms with E-state index in [1.165, 1.54) is 25.2 Å². The lowest BCUT2D eigenvalue weighted by Gasteiger charge is -2.25. The highest BCUT2D eigenvalue weighted by Crippen LogP contribution is 2.39. The summed E-state index contributed by atoms with van der Waals surface area (Å²) >= 11 is 1.40. The van der Waals surface area contributed by atoms with Crippen LogP contribution in [0.3, 0.4) is 0 Å². The Balaban J connectivity index is 1.69. The molecule has 17 heteroatoms. The number of hydrogen-bond donors (Lipinski definition) is 6. The molecule has 0 aliphatic carbocycles. The van der Waals surface area contributed by atoms with Gasteiger partial charge in [0.1, 0.15) is 11.6 Å². The van der Waals surface area contributed by atoms with E-state index >= 15 is 0 Å². The Morgan fingerprint density at radius 1 is 0.875 bits per heavy atom. The molecule has 216 valence electrons. The summed E-state index contributed by atoms with van der Waals surface area (Å²) in [6.07, 6.45) is -0.270. The van der Waals surface area contributed by atoms with E-state index in [0.717, 1.165) is 10.2 Å². The van der Waals surface area contributed by atoms with Crippen LogP contribution in [0.5, 0.6) is 0 Å². The number of carbonyl (C=O) groups excluding carboxylic acids is 2. The number of hydrogen-bond acceptors (Lipinski definition) is 9. The molecular weight excluding hydrogens is 582 g/mol. The zero-order chi connectivity index (χ0) is 29.5. The topological polar surface area (TPSA) is 214 Å². The number of aromatic nitrogens is 1. The fourth-order valence-electron chi connectivity index (χ4n) is 3.35. The maximum atomic E-state index is 12.3. The van der Waals surface area contributed by atoms with Gasteiger partial charge >= 0.3 is 15.2 Å². The number of fused-ring (bicyclic) bond motifs is 1. The average Bonchev–Trinajstić information content (AvgIpc) is 3.30. The molecular formula is C23H30N6O8P2S. The van der Waals surface area contributed by atoms with Crippen molar-refractivity contribution in [2.45, 2.75) is 38.3 Å². The highest BCUT2D eigenvalue weighted by Gasteiger charge is 2.27. The van der Waals surface area contributed by atoms with Gasteiger partial charge in [-0.05, 0) is 50.2 Å². The molecule has 0 spiro atoms. The number of amides is 2. The van der Waals surface area contributed by atoms with Gasteiger partial charge in [0.15, 0.2) is 0 Å². The molecule has 2 aromatic carbocycles. The molecule has 1 heterocycles. The minimum atomic E-state index is -4.50. The minimum absolute atomic E-state index is 0.0909. The van der Waals surface area contributed by atoms with Crippen molar-refractivity contribution in [2.24, 2.45) is 10.2 Å². The number of azo groups is 1. The summed E-state index contributed by atoms with van der Waals surface area (Å²) in [4.78, 5) is 67.5. The first-order valence-electron chi connectivity index (χ1n) is 12.0. The third-order valence-corrected chi connectivity index (χ3v) is 8.91. The normalized spacial score (nSPS) is 13.8. The maximum Gasteiger partial charge on any atom is 0.347 e. The number of thiazole rings is 1. The molecule has 0 saturated carbocycles. The van der Waals surface area contributed by atoms with E-state index in [2.05, 4.69) is 25.8 Å². The van der Waals surface area contributed by atoms with Crippen molar-refractivity contribution in [3.63, 3.8) is 0 Å². The fraction of sp³-hybridized carbons (Fsp3) is 0.348. The van der Waals surface area contributed by atoms with Gasteiger partial charge in [0.05, 0.1) is 15.9 Å². The van der Waals surface area contributed by atoms with E-state index in [1.54, 1.807) is 29.2 Å². The molecule has 0 fully saturated rings. The van der Waals surface area contributed by atoms with E-state index in [9.17, 15) is 38.3 Å². The number of benzene rings is 2. The summed E-state index contributed by atoms with van der Waals surface area (Å²) in [5.41, 5.74) is 1.97. The van der Waals surface area contributed by atoms with Crippen LogP contribution in [-0.4, -0.2) is 61.0 Å². The quantitative estimate of drug-likeness (QED) is 0.122. The monoisotopic (exact) mass is 612 g/mol. The maximum absolute atomic E-state index is 12.3. The van der Waals surface area contributed by atoms with Crippen LogP contribution in [-0.2, 0) is 18.7 Å². The van der Waals surface area contributed by atoms with Gasteiger partial charge in [0, 0.05) is 31.6 Å². The van der Waals surface area contributed by atoms with Gasteiger partial charge in [0.2, 0.25) is 16.9 Å². The number of rotatable bonds is 13. The first-order chi connectivity index (χ1) is 18.7. The number of para-hydroxylation sites is 1. The lowest BCUT2D eigenvalue weighted by Crippen LogP contribution is -2.38.